The quantitative estimate of drug-likeness (QED) is 0.745. The monoisotopic (exact) mass is 404 g/mol. The summed E-state index contributed by atoms with van der Waals surface area (Å²) in [5, 5.41) is 9.34. The Morgan fingerprint density at radius 2 is 2.08 bits per heavy atom. The Morgan fingerprint density at radius 1 is 1.32 bits per heavy atom. The lowest BCUT2D eigenvalue weighted by atomic mass is 10.00. The first-order valence-electron chi connectivity index (χ1n) is 7.68. The number of pyridine rings is 1. The van der Waals surface area contributed by atoms with Gasteiger partial charge in [0.2, 0.25) is 0 Å². The molecule has 1 aromatic heterocycles. The number of aryl methyl sites for hydroxylation is 1. The number of esters is 1. The molecule has 25 heavy (non-hydrogen) atoms. The molecular weight excluding hydrogens is 388 g/mol. The fourth-order valence-corrected chi connectivity index (χ4v) is 2.69. The molecular formula is C18H17BrN2O4. The van der Waals surface area contributed by atoms with Gasteiger partial charge in [-0.15, -0.1) is 0 Å². The molecule has 0 aliphatic heterocycles. The summed E-state index contributed by atoms with van der Waals surface area (Å²) in [7, 11) is 0. The molecule has 0 amide bonds. The number of ether oxygens (including phenoxy) is 2. The van der Waals surface area contributed by atoms with Crippen LogP contribution in [0.25, 0.3) is 11.1 Å². The number of hydrogen-bond donors (Lipinski definition) is 1. The fraction of sp³-hybridized carbons (Fsp3) is 0.278. The lowest BCUT2D eigenvalue weighted by Gasteiger charge is -2.13. The molecule has 0 fully saturated rings. The van der Waals surface area contributed by atoms with Crippen molar-refractivity contribution < 1.29 is 14.3 Å². The van der Waals surface area contributed by atoms with Crippen molar-refractivity contribution in [3.05, 3.63) is 50.3 Å². The zero-order chi connectivity index (χ0) is 18.4. The van der Waals surface area contributed by atoms with E-state index in [0.29, 0.717) is 29.2 Å². The number of H-pyrrole nitrogens is 1. The maximum atomic E-state index is 12.0. The average Bonchev–Trinajstić information content (AvgIpc) is 2.55. The van der Waals surface area contributed by atoms with Crippen molar-refractivity contribution in [2.24, 2.45) is 0 Å². The van der Waals surface area contributed by atoms with Gasteiger partial charge in [-0.1, -0.05) is 15.9 Å². The van der Waals surface area contributed by atoms with Gasteiger partial charge in [0.15, 0.2) is 0 Å². The van der Waals surface area contributed by atoms with E-state index in [0.717, 1.165) is 4.47 Å². The number of halogens is 1. The van der Waals surface area contributed by atoms with Gasteiger partial charge in [0.05, 0.1) is 19.6 Å². The van der Waals surface area contributed by atoms with Gasteiger partial charge in [-0.25, -0.2) is 0 Å². The van der Waals surface area contributed by atoms with Gasteiger partial charge in [-0.05, 0) is 38.1 Å². The highest BCUT2D eigenvalue weighted by Crippen LogP contribution is 2.34. The topological polar surface area (TPSA) is 92.2 Å². The Labute approximate surface area is 153 Å². The van der Waals surface area contributed by atoms with Crippen LogP contribution in [0, 0.1) is 18.3 Å². The predicted molar refractivity (Wildman–Crippen MR) is 96.4 cm³/mol. The standard InChI is InChI=1S/C18H17BrN2O4/c1-3-24-17(22)6-7-25-16-5-4-12(19)9-14(16)13-8-11(2)21-18(23)15(13)10-20/h4-5,8-9H,3,6-7H2,1-2H3,(H,21,23). The van der Waals surface area contributed by atoms with Crippen molar-refractivity contribution in [1.82, 2.24) is 4.98 Å². The van der Waals surface area contributed by atoms with Crippen LogP contribution in [-0.2, 0) is 9.53 Å². The summed E-state index contributed by atoms with van der Waals surface area (Å²) in [6, 6.07) is 8.94. The fourth-order valence-electron chi connectivity index (χ4n) is 2.33. The third-order valence-corrected chi connectivity index (χ3v) is 3.87. The van der Waals surface area contributed by atoms with Gasteiger partial charge in [-0.2, -0.15) is 5.26 Å². The van der Waals surface area contributed by atoms with Crippen molar-refractivity contribution in [1.29, 1.82) is 5.26 Å². The second kappa shape index (κ2) is 8.49. The molecule has 130 valence electrons. The number of carbonyl (C=O) groups is 1. The minimum atomic E-state index is -0.449. The van der Waals surface area contributed by atoms with Gasteiger partial charge in [0, 0.05) is 21.3 Å². The summed E-state index contributed by atoms with van der Waals surface area (Å²) in [5.41, 5.74) is 1.28. The zero-order valence-corrected chi connectivity index (χ0v) is 15.5. The third-order valence-electron chi connectivity index (χ3n) is 3.38. The molecule has 7 heteroatoms. The number of nitriles is 1. The molecule has 0 spiro atoms. The SMILES string of the molecule is CCOC(=O)CCOc1ccc(Br)cc1-c1cc(C)[nH]c(=O)c1C#N. The van der Waals surface area contributed by atoms with E-state index < -0.39 is 5.56 Å². The number of aromatic nitrogens is 1. The molecule has 6 nitrogen and oxygen atoms in total. The molecule has 0 saturated carbocycles. The molecule has 1 aromatic carbocycles. The lowest BCUT2D eigenvalue weighted by Crippen LogP contribution is -2.13. The minimum absolute atomic E-state index is 0.0129. The second-order valence-electron chi connectivity index (χ2n) is 5.23. The van der Waals surface area contributed by atoms with E-state index in [4.69, 9.17) is 9.47 Å². The number of carbonyl (C=O) groups excluding carboxylic acids is 1. The van der Waals surface area contributed by atoms with E-state index in [1.165, 1.54) is 0 Å². The number of hydrogen-bond acceptors (Lipinski definition) is 5. The second-order valence-corrected chi connectivity index (χ2v) is 6.14. The largest absolute Gasteiger partial charge is 0.492 e. The number of rotatable bonds is 6. The van der Waals surface area contributed by atoms with E-state index >= 15 is 0 Å². The molecule has 1 heterocycles. The van der Waals surface area contributed by atoms with Gasteiger partial charge in [0.25, 0.3) is 5.56 Å². The van der Waals surface area contributed by atoms with Crippen LogP contribution in [0.2, 0.25) is 0 Å². The van der Waals surface area contributed by atoms with Crippen molar-refractivity contribution in [3.8, 4) is 22.9 Å². The maximum absolute atomic E-state index is 12.0. The first-order valence-corrected chi connectivity index (χ1v) is 8.48. The normalized spacial score (nSPS) is 10.2. The Morgan fingerprint density at radius 3 is 2.76 bits per heavy atom. The van der Waals surface area contributed by atoms with Crippen molar-refractivity contribution in [3.63, 3.8) is 0 Å². The van der Waals surface area contributed by atoms with E-state index in [1.807, 2.05) is 6.07 Å². The third kappa shape index (κ3) is 4.70. The summed E-state index contributed by atoms with van der Waals surface area (Å²) in [5.74, 6) is 0.139. The molecule has 0 unspecified atom stereocenters. The molecule has 0 radical (unpaired) electrons. The van der Waals surface area contributed by atoms with Gasteiger partial charge < -0.3 is 14.5 Å². The van der Waals surface area contributed by atoms with Crippen molar-refractivity contribution in [2.45, 2.75) is 20.3 Å². The molecule has 0 atom stereocenters. The highest BCUT2D eigenvalue weighted by Gasteiger charge is 2.15. The van der Waals surface area contributed by atoms with Gasteiger partial charge in [0.1, 0.15) is 17.4 Å². The Balaban J connectivity index is 2.39. The van der Waals surface area contributed by atoms with Crippen LogP contribution >= 0.6 is 15.9 Å². The summed E-state index contributed by atoms with van der Waals surface area (Å²) in [6.45, 7) is 3.94. The van der Waals surface area contributed by atoms with Gasteiger partial charge >= 0.3 is 5.97 Å². The van der Waals surface area contributed by atoms with Crippen LogP contribution in [0.5, 0.6) is 5.75 Å². The van der Waals surface area contributed by atoms with Crippen molar-refractivity contribution >= 4 is 21.9 Å². The molecule has 2 rings (SSSR count). The van der Waals surface area contributed by atoms with Gasteiger partial charge in [-0.3, -0.25) is 9.59 Å². The molecule has 0 aliphatic carbocycles. The molecule has 0 aliphatic rings. The van der Waals surface area contributed by atoms with Crippen LogP contribution < -0.4 is 10.3 Å². The predicted octanol–water partition coefficient (Wildman–Crippen LogP) is 3.32. The summed E-state index contributed by atoms with van der Waals surface area (Å²) >= 11 is 3.39. The summed E-state index contributed by atoms with van der Waals surface area (Å²) in [6.07, 6.45) is 0.114. The minimum Gasteiger partial charge on any atom is -0.492 e. The zero-order valence-electron chi connectivity index (χ0n) is 13.9. The highest BCUT2D eigenvalue weighted by atomic mass is 79.9. The van der Waals surface area contributed by atoms with E-state index in [9.17, 15) is 14.9 Å². The van der Waals surface area contributed by atoms with E-state index in [2.05, 4.69) is 20.9 Å². The first kappa shape index (κ1) is 18.7. The summed E-state index contributed by atoms with van der Waals surface area (Å²) < 4.78 is 11.3. The van der Waals surface area contributed by atoms with Crippen LogP contribution in [0.3, 0.4) is 0 Å². The number of benzene rings is 1. The molecule has 0 saturated heterocycles. The number of nitrogens with one attached hydrogen (secondary N) is 1. The Bertz CT molecular complexity index is 884. The maximum Gasteiger partial charge on any atom is 0.309 e. The first-order chi connectivity index (χ1) is 12.0. The molecule has 0 bridgehead atoms. The average molecular weight is 405 g/mol. The van der Waals surface area contributed by atoms with E-state index in [-0.39, 0.29) is 24.6 Å². The van der Waals surface area contributed by atoms with Crippen LogP contribution in [0.1, 0.15) is 24.6 Å². The lowest BCUT2D eigenvalue weighted by molar-refractivity contribution is -0.143. The molecule has 1 N–H and O–H groups in total. The van der Waals surface area contributed by atoms with Crippen LogP contribution in [-0.4, -0.2) is 24.2 Å². The van der Waals surface area contributed by atoms with Crippen molar-refractivity contribution in [2.75, 3.05) is 13.2 Å². The van der Waals surface area contributed by atoms with E-state index in [1.54, 1.807) is 38.1 Å². The molecule has 2 aromatic rings. The van der Waals surface area contributed by atoms with Crippen LogP contribution in [0.4, 0.5) is 0 Å². The Hall–Kier alpha value is -2.59. The number of nitrogens with zero attached hydrogens (tertiary/aromatic N) is 1. The Kier molecular flexibility index (Phi) is 6.37. The highest BCUT2D eigenvalue weighted by molar-refractivity contribution is 9.10. The smallest absolute Gasteiger partial charge is 0.309 e. The summed E-state index contributed by atoms with van der Waals surface area (Å²) in [4.78, 5) is 26.1. The van der Waals surface area contributed by atoms with Crippen LogP contribution in [0.15, 0.2) is 33.5 Å². The number of aromatic amines is 1.